The summed E-state index contributed by atoms with van der Waals surface area (Å²) in [6.07, 6.45) is 0.0154. The fraction of sp³-hybridized carbons (Fsp3) is 0.118. The van der Waals surface area contributed by atoms with Crippen LogP contribution in [0.5, 0.6) is 0 Å². The molecule has 0 saturated heterocycles. The first-order valence-corrected chi connectivity index (χ1v) is 8.33. The van der Waals surface area contributed by atoms with Crippen LogP contribution < -0.4 is 0 Å². The van der Waals surface area contributed by atoms with Crippen molar-refractivity contribution >= 4 is 40.8 Å². The molecule has 0 N–H and O–H groups in total. The van der Waals surface area contributed by atoms with Gasteiger partial charge in [-0.15, -0.1) is 0 Å². The Morgan fingerprint density at radius 2 is 1.88 bits per heavy atom. The summed E-state index contributed by atoms with van der Waals surface area (Å²) < 4.78 is 10.2. The van der Waals surface area contributed by atoms with Gasteiger partial charge in [-0.1, -0.05) is 58.2 Å². The lowest BCUT2D eigenvalue weighted by Gasteiger charge is -2.04. The van der Waals surface area contributed by atoms with Crippen LogP contribution in [-0.4, -0.2) is 16.1 Å². The average Bonchev–Trinajstić information content (AvgIpc) is 3.05. The number of hydrogen-bond donors (Lipinski definition) is 0. The third-order valence-corrected chi connectivity index (χ3v) is 4.21. The molecule has 8 heteroatoms. The number of rotatable bonds is 5. The van der Waals surface area contributed by atoms with Crippen LogP contribution in [0.25, 0.3) is 11.4 Å². The van der Waals surface area contributed by atoms with Gasteiger partial charge in [0.2, 0.25) is 5.82 Å². The van der Waals surface area contributed by atoms with Crippen molar-refractivity contribution < 1.29 is 14.1 Å². The van der Waals surface area contributed by atoms with Crippen molar-refractivity contribution in [3.63, 3.8) is 0 Å². The lowest BCUT2D eigenvalue weighted by atomic mass is 10.1. The molecule has 0 atom stereocenters. The zero-order valence-electron chi connectivity index (χ0n) is 12.7. The maximum absolute atomic E-state index is 11.9. The minimum Gasteiger partial charge on any atom is -0.455 e. The molecule has 128 valence electrons. The Morgan fingerprint density at radius 1 is 1.08 bits per heavy atom. The zero-order chi connectivity index (χ0) is 17.8. The second-order valence-electron chi connectivity index (χ2n) is 5.06. The highest BCUT2D eigenvalue weighted by Crippen LogP contribution is 2.25. The third kappa shape index (κ3) is 4.51. The van der Waals surface area contributed by atoms with Gasteiger partial charge in [-0.3, -0.25) is 4.79 Å². The van der Waals surface area contributed by atoms with Crippen molar-refractivity contribution in [2.45, 2.75) is 13.0 Å². The maximum Gasteiger partial charge on any atom is 0.310 e. The Balaban J connectivity index is 1.60. The van der Waals surface area contributed by atoms with Gasteiger partial charge in [0.15, 0.2) is 6.61 Å². The number of carbonyl (C=O) groups excluding carboxylic acids is 1. The van der Waals surface area contributed by atoms with E-state index < -0.39 is 5.97 Å². The lowest BCUT2D eigenvalue weighted by molar-refractivity contribution is -0.144. The van der Waals surface area contributed by atoms with Crippen LogP contribution in [-0.2, 0) is 22.6 Å². The topological polar surface area (TPSA) is 65.2 Å². The Labute approximate surface area is 158 Å². The number of ether oxygens (including phenoxy) is 1. The molecule has 0 radical (unpaired) electrons. The van der Waals surface area contributed by atoms with Gasteiger partial charge in [-0.25, -0.2) is 0 Å². The number of benzene rings is 2. The minimum atomic E-state index is -0.471. The Kier molecular flexibility index (Phi) is 5.58. The van der Waals surface area contributed by atoms with Crippen molar-refractivity contribution in [2.75, 3.05) is 0 Å². The molecule has 3 aromatic rings. The van der Waals surface area contributed by atoms with Gasteiger partial charge in [-0.2, -0.15) is 4.98 Å². The van der Waals surface area contributed by atoms with E-state index in [0.717, 1.165) is 0 Å². The fourth-order valence-electron chi connectivity index (χ4n) is 2.08. The predicted molar refractivity (Wildman–Crippen MR) is 94.7 cm³/mol. The Bertz CT molecular complexity index is 912. The molecule has 5 nitrogen and oxygen atoms in total. The van der Waals surface area contributed by atoms with Gasteiger partial charge in [0.25, 0.3) is 5.89 Å². The summed E-state index contributed by atoms with van der Waals surface area (Å²) in [5.41, 5.74) is 1.26. The molecule has 3 rings (SSSR count). The Morgan fingerprint density at radius 3 is 2.64 bits per heavy atom. The lowest BCUT2D eigenvalue weighted by Crippen LogP contribution is -2.08. The number of aromatic nitrogens is 2. The van der Waals surface area contributed by atoms with Crippen LogP contribution in [0.4, 0.5) is 0 Å². The van der Waals surface area contributed by atoms with Gasteiger partial charge < -0.3 is 9.26 Å². The molecule has 0 aliphatic carbocycles. The van der Waals surface area contributed by atoms with E-state index in [0.29, 0.717) is 32.0 Å². The SMILES string of the molecule is O=C(Cc1ccc(Cl)cc1Cl)OCc1nc(-c2ccccc2Cl)no1. The van der Waals surface area contributed by atoms with Crippen LogP contribution in [0.2, 0.25) is 15.1 Å². The largest absolute Gasteiger partial charge is 0.455 e. The number of esters is 1. The van der Waals surface area contributed by atoms with Crippen molar-refractivity contribution in [3.8, 4) is 11.4 Å². The highest BCUT2D eigenvalue weighted by atomic mass is 35.5. The maximum atomic E-state index is 11.9. The fourth-order valence-corrected chi connectivity index (χ4v) is 2.77. The molecule has 1 heterocycles. The van der Waals surface area contributed by atoms with Crippen molar-refractivity contribution in [1.29, 1.82) is 0 Å². The zero-order valence-corrected chi connectivity index (χ0v) is 15.0. The standard InChI is InChI=1S/C17H11Cl3N2O3/c18-11-6-5-10(14(20)8-11)7-16(23)24-9-15-21-17(22-25-15)12-3-1-2-4-13(12)19/h1-6,8H,7,9H2. The number of hydrogen-bond acceptors (Lipinski definition) is 5. The molecule has 1 aromatic heterocycles. The smallest absolute Gasteiger partial charge is 0.310 e. The highest BCUT2D eigenvalue weighted by Gasteiger charge is 2.14. The molecule has 0 aliphatic rings. The normalized spacial score (nSPS) is 10.7. The van der Waals surface area contributed by atoms with Crippen LogP contribution >= 0.6 is 34.8 Å². The summed E-state index contributed by atoms with van der Waals surface area (Å²) in [5, 5.41) is 5.25. The van der Waals surface area contributed by atoms with E-state index in [1.807, 2.05) is 6.07 Å². The van der Waals surface area contributed by atoms with Gasteiger partial charge in [0.05, 0.1) is 11.4 Å². The first-order valence-electron chi connectivity index (χ1n) is 7.20. The van der Waals surface area contributed by atoms with Crippen molar-refractivity contribution in [3.05, 3.63) is 69.0 Å². The molecule has 0 aliphatic heterocycles. The molecule has 0 bridgehead atoms. The van der Waals surface area contributed by atoms with Crippen molar-refractivity contribution in [1.82, 2.24) is 10.1 Å². The molecule has 2 aromatic carbocycles. The predicted octanol–water partition coefficient (Wildman–Crippen LogP) is 4.98. The highest BCUT2D eigenvalue weighted by molar-refractivity contribution is 6.35. The van der Waals surface area contributed by atoms with Crippen LogP contribution in [0.1, 0.15) is 11.5 Å². The van der Waals surface area contributed by atoms with E-state index in [1.54, 1.807) is 36.4 Å². The summed E-state index contributed by atoms with van der Waals surface area (Å²) in [7, 11) is 0. The van der Waals surface area contributed by atoms with Gasteiger partial charge >= 0.3 is 5.97 Å². The third-order valence-electron chi connectivity index (χ3n) is 3.29. The van der Waals surface area contributed by atoms with Gasteiger partial charge in [0, 0.05) is 15.6 Å². The number of carbonyl (C=O) groups is 1. The second kappa shape index (κ2) is 7.87. The number of nitrogens with zero attached hydrogens (tertiary/aromatic N) is 2. The molecule has 0 fully saturated rings. The first kappa shape index (κ1) is 17.7. The average molecular weight is 398 g/mol. The Hall–Kier alpha value is -2.08. The summed E-state index contributed by atoms with van der Waals surface area (Å²) >= 11 is 17.9. The molecule has 0 unspecified atom stereocenters. The van der Waals surface area contributed by atoms with E-state index in [2.05, 4.69) is 10.1 Å². The minimum absolute atomic E-state index is 0.0154. The van der Waals surface area contributed by atoms with Gasteiger partial charge in [-0.05, 0) is 29.8 Å². The summed E-state index contributed by atoms with van der Waals surface area (Å²) in [5.74, 6) is 0.0320. The van der Waals surface area contributed by atoms with Crippen molar-refractivity contribution in [2.24, 2.45) is 0 Å². The summed E-state index contributed by atoms with van der Waals surface area (Å²) in [6.45, 7) is -0.137. The molecular weight excluding hydrogens is 387 g/mol. The molecule has 25 heavy (non-hydrogen) atoms. The second-order valence-corrected chi connectivity index (χ2v) is 6.32. The van der Waals surface area contributed by atoms with E-state index in [1.165, 1.54) is 0 Å². The van der Waals surface area contributed by atoms with Gasteiger partial charge in [0.1, 0.15) is 0 Å². The van der Waals surface area contributed by atoms with E-state index in [9.17, 15) is 4.79 Å². The number of halogens is 3. The molecule has 0 saturated carbocycles. The summed E-state index contributed by atoms with van der Waals surface area (Å²) in [4.78, 5) is 16.1. The molecular formula is C17H11Cl3N2O3. The van der Waals surface area contributed by atoms with E-state index in [-0.39, 0.29) is 18.9 Å². The van der Waals surface area contributed by atoms with Crippen LogP contribution in [0, 0.1) is 0 Å². The monoisotopic (exact) mass is 396 g/mol. The first-order chi connectivity index (χ1) is 12.0. The van der Waals surface area contributed by atoms with E-state index in [4.69, 9.17) is 44.1 Å². The molecule has 0 spiro atoms. The van der Waals surface area contributed by atoms with Crippen LogP contribution in [0.15, 0.2) is 47.0 Å². The van der Waals surface area contributed by atoms with E-state index >= 15 is 0 Å². The quantitative estimate of drug-likeness (QED) is 0.568. The van der Waals surface area contributed by atoms with Crippen LogP contribution in [0.3, 0.4) is 0 Å². The molecule has 0 amide bonds. The summed E-state index contributed by atoms with van der Waals surface area (Å²) in [6, 6.07) is 12.0.